The maximum Gasteiger partial charge on any atom is 0.0450 e. The third-order valence-electron chi connectivity index (χ3n) is 6.75. The Morgan fingerprint density at radius 3 is 1.93 bits per heavy atom. The fourth-order valence-electron chi connectivity index (χ4n) is 6.16. The second-order valence-corrected chi connectivity index (χ2v) is 12.7. The lowest BCUT2D eigenvalue weighted by Gasteiger charge is -2.60. The molecule has 1 aliphatic carbocycles. The zero-order chi connectivity index (χ0) is 22.4. The predicted molar refractivity (Wildman–Crippen MR) is 130 cm³/mol. The minimum atomic E-state index is 0.0724. The molecule has 164 valence electrons. The van der Waals surface area contributed by atoms with Gasteiger partial charge in [0.15, 0.2) is 0 Å². The SMILES string of the molecule is C=CCCC1CC(C)(C)N(C2=C(C(C)(C)C)C(=C)CC=C2C(C)(C)C)C(C)(C)C1. The average molecular weight is 398 g/mol. The lowest BCUT2D eigenvalue weighted by atomic mass is 9.66. The molecular formula is C28H47N. The van der Waals surface area contributed by atoms with Gasteiger partial charge in [-0.05, 0) is 93.3 Å². The number of hydrogen-bond donors (Lipinski definition) is 0. The van der Waals surface area contributed by atoms with Gasteiger partial charge in [-0.25, -0.2) is 0 Å². The van der Waals surface area contributed by atoms with E-state index >= 15 is 0 Å². The van der Waals surface area contributed by atoms with E-state index in [2.05, 4.69) is 99.4 Å². The van der Waals surface area contributed by atoms with Crippen LogP contribution in [0, 0.1) is 16.7 Å². The van der Waals surface area contributed by atoms with Gasteiger partial charge >= 0.3 is 0 Å². The molecule has 0 N–H and O–H groups in total. The molecule has 29 heavy (non-hydrogen) atoms. The molecule has 0 saturated carbocycles. The minimum absolute atomic E-state index is 0.0724. The summed E-state index contributed by atoms with van der Waals surface area (Å²) in [6.45, 7) is 32.5. The van der Waals surface area contributed by atoms with Crippen LogP contribution in [0.1, 0.15) is 101 Å². The first-order valence-corrected chi connectivity index (χ1v) is 11.6. The van der Waals surface area contributed by atoms with Gasteiger partial charge in [0, 0.05) is 16.8 Å². The van der Waals surface area contributed by atoms with E-state index in [1.54, 1.807) is 0 Å². The molecular weight excluding hydrogens is 350 g/mol. The van der Waals surface area contributed by atoms with Gasteiger partial charge in [0.25, 0.3) is 0 Å². The van der Waals surface area contributed by atoms with Crippen LogP contribution in [0.5, 0.6) is 0 Å². The van der Waals surface area contributed by atoms with E-state index in [0.717, 1.165) is 18.8 Å². The molecule has 1 heterocycles. The van der Waals surface area contributed by atoms with Crippen LogP contribution in [0.25, 0.3) is 0 Å². The summed E-state index contributed by atoms with van der Waals surface area (Å²) >= 11 is 0. The number of allylic oxidation sites excluding steroid dienone is 5. The van der Waals surface area contributed by atoms with Crippen LogP contribution in [0.4, 0.5) is 0 Å². The molecule has 1 fully saturated rings. The summed E-state index contributed by atoms with van der Waals surface area (Å²) in [5.74, 6) is 0.752. The Bertz CT molecular complexity index is 694. The van der Waals surface area contributed by atoms with Gasteiger partial charge in [-0.1, -0.05) is 60.3 Å². The van der Waals surface area contributed by atoms with Crippen molar-refractivity contribution in [3.8, 4) is 0 Å². The molecule has 0 aromatic heterocycles. The van der Waals surface area contributed by atoms with Gasteiger partial charge in [0.05, 0.1) is 0 Å². The maximum absolute atomic E-state index is 4.53. The summed E-state index contributed by atoms with van der Waals surface area (Å²) in [6.07, 6.45) is 10.4. The number of rotatable bonds is 4. The maximum atomic E-state index is 4.53. The Balaban J connectivity index is 2.71. The first kappa shape index (κ1) is 24.0. The lowest BCUT2D eigenvalue weighted by Crippen LogP contribution is -2.61. The van der Waals surface area contributed by atoms with Crippen molar-refractivity contribution in [1.82, 2.24) is 4.90 Å². The van der Waals surface area contributed by atoms with E-state index in [0.29, 0.717) is 0 Å². The molecule has 0 radical (unpaired) electrons. The summed E-state index contributed by atoms with van der Waals surface area (Å²) in [6, 6.07) is 0. The van der Waals surface area contributed by atoms with Crippen molar-refractivity contribution in [2.75, 3.05) is 0 Å². The van der Waals surface area contributed by atoms with Gasteiger partial charge in [-0.15, -0.1) is 6.58 Å². The van der Waals surface area contributed by atoms with E-state index < -0.39 is 0 Å². The summed E-state index contributed by atoms with van der Waals surface area (Å²) in [5.41, 5.74) is 6.11. The second-order valence-electron chi connectivity index (χ2n) is 12.7. The molecule has 1 heteroatoms. The fourth-order valence-corrected chi connectivity index (χ4v) is 6.16. The summed E-state index contributed by atoms with van der Waals surface area (Å²) in [5, 5.41) is 0. The van der Waals surface area contributed by atoms with Crippen LogP contribution >= 0.6 is 0 Å². The third kappa shape index (κ3) is 4.92. The molecule has 0 amide bonds. The highest BCUT2D eigenvalue weighted by Gasteiger charge is 2.49. The largest absolute Gasteiger partial charge is 0.361 e. The first-order chi connectivity index (χ1) is 13.0. The van der Waals surface area contributed by atoms with E-state index in [1.165, 1.54) is 41.7 Å². The van der Waals surface area contributed by atoms with Crippen LogP contribution in [-0.2, 0) is 0 Å². The lowest BCUT2D eigenvalue weighted by molar-refractivity contribution is -0.0255. The molecule has 2 rings (SSSR count). The van der Waals surface area contributed by atoms with Gasteiger partial charge in [-0.3, -0.25) is 0 Å². The van der Waals surface area contributed by atoms with Gasteiger partial charge in [0.2, 0.25) is 0 Å². The van der Waals surface area contributed by atoms with Crippen LogP contribution in [0.15, 0.2) is 47.7 Å². The van der Waals surface area contributed by atoms with Gasteiger partial charge < -0.3 is 4.90 Å². The quantitative estimate of drug-likeness (QED) is 0.430. The fraction of sp³-hybridized carbons (Fsp3) is 0.714. The summed E-state index contributed by atoms with van der Waals surface area (Å²) < 4.78 is 0. The van der Waals surface area contributed by atoms with E-state index in [1.807, 2.05) is 0 Å². The highest BCUT2D eigenvalue weighted by molar-refractivity contribution is 5.53. The topological polar surface area (TPSA) is 3.24 Å². The van der Waals surface area contributed by atoms with E-state index in [4.69, 9.17) is 0 Å². The molecule has 1 aliphatic heterocycles. The number of piperidine rings is 1. The Kier molecular flexibility index (Phi) is 6.45. The molecule has 0 aromatic rings. The summed E-state index contributed by atoms with van der Waals surface area (Å²) in [4.78, 5) is 2.80. The second kappa shape index (κ2) is 7.78. The molecule has 0 bridgehead atoms. The number of nitrogens with zero attached hydrogens (tertiary/aromatic N) is 1. The third-order valence-corrected chi connectivity index (χ3v) is 6.75. The highest BCUT2D eigenvalue weighted by Crippen LogP contribution is 2.53. The average Bonchev–Trinajstić information content (AvgIpc) is 2.48. The molecule has 0 atom stereocenters. The Morgan fingerprint density at radius 1 is 1.00 bits per heavy atom. The molecule has 0 unspecified atom stereocenters. The smallest absolute Gasteiger partial charge is 0.0450 e. The van der Waals surface area contributed by atoms with E-state index in [9.17, 15) is 0 Å². The van der Waals surface area contributed by atoms with Crippen LogP contribution in [0.3, 0.4) is 0 Å². The van der Waals surface area contributed by atoms with E-state index in [-0.39, 0.29) is 21.9 Å². The van der Waals surface area contributed by atoms with Crippen molar-refractivity contribution < 1.29 is 0 Å². The normalized spacial score (nSPS) is 23.3. The number of hydrogen-bond acceptors (Lipinski definition) is 1. The Labute approximate surface area is 182 Å². The Morgan fingerprint density at radius 2 is 1.52 bits per heavy atom. The molecule has 1 saturated heterocycles. The minimum Gasteiger partial charge on any atom is -0.361 e. The van der Waals surface area contributed by atoms with Crippen molar-refractivity contribution in [2.45, 2.75) is 112 Å². The Hall–Kier alpha value is -1.24. The monoisotopic (exact) mass is 397 g/mol. The van der Waals surface area contributed by atoms with Gasteiger partial charge in [-0.2, -0.15) is 0 Å². The molecule has 0 aromatic carbocycles. The molecule has 2 aliphatic rings. The van der Waals surface area contributed by atoms with Crippen molar-refractivity contribution in [3.05, 3.63) is 47.7 Å². The standard InChI is InChI=1S/C28H47N/c1-13-14-15-21-18-27(9,10)29(28(11,12)19-21)24-22(25(3,4)5)17-16-20(2)23(24)26(6,7)8/h13,17,21H,1-2,14-16,18-19H2,3-12H3. The van der Waals surface area contributed by atoms with Gasteiger partial charge in [0.1, 0.15) is 0 Å². The zero-order valence-electron chi connectivity index (χ0n) is 21.1. The van der Waals surface area contributed by atoms with Crippen LogP contribution < -0.4 is 0 Å². The van der Waals surface area contributed by atoms with Crippen molar-refractivity contribution in [1.29, 1.82) is 0 Å². The van der Waals surface area contributed by atoms with Crippen molar-refractivity contribution in [2.24, 2.45) is 16.7 Å². The molecule has 1 nitrogen and oxygen atoms in total. The van der Waals surface area contributed by atoms with Crippen LogP contribution in [-0.4, -0.2) is 16.0 Å². The molecule has 0 spiro atoms. The zero-order valence-corrected chi connectivity index (χ0v) is 21.1. The van der Waals surface area contributed by atoms with Crippen molar-refractivity contribution in [3.63, 3.8) is 0 Å². The van der Waals surface area contributed by atoms with Crippen LogP contribution in [0.2, 0.25) is 0 Å². The predicted octanol–water partition coefficient (Wildman–Crippen LogP) is 8.45. The number of likely N-dealkylation sites (tertiary alicyclic amines) is 1. The first-order valence-electron chi connectivity index (χ1n) is 11.6. The van der Waals surface area contributed by atoms with Crippen molar-refractivity contribution >= 4 is 0 Å². The summed E-state index contributed by atoms with van der Waals surface area (Å²) in [7, 11) is 0. The highest BCUT2D eigenvalue weighted by atomic mass is 15.3.